The van der Waals surface area contributed by atoms with Crippen molar-refractivity contribution in [1.82, 2.24) is 4.90 Å². The molecule has 0 atom stereocenters. The Bertz CT molecular complexity index is 392. The fourth-order valence-corrected chi connectivity index (χ4v) is 2.52. The predicted molar refractivity (Wildman–Crippen MR) is 75.7 cm³/mol. The van der Waals surface area contributed by atoms with Crippen LogP contribution in [0.1, 0.15) is 0 Å². The predicted octanol–water partition coefficient (Wildman–Crippen LogP) is 1.43. The second-order valence-electron chi connectivity index (χ2n) is 4.44. The molecule has 0 bridgehead atoms. The number of benzene rings is 1. The number of rotatable bonds is 4. The molecule has 1 aliphatic rings. The van der Waals surface area contributed by atoms with E-state index < -0.39 is 0 Å². The van der Waals surface area contributed by atoms with Crippen molar-refractivity contribution < 1.29 is 4.74 Å². The molecule has 1 heterocycles. The highest BCUT2D eigenvalue weighted by atomic mass is 35.5. The van der Waals surface area contributed by atoms with Crippen molar-refractivity contribution in [3.63, 3.8) is 0 Å². The van der Waals surface area contributed by atoms with Gasteiger partial charge < -0.3 is 15.4 Å². The highest BCUT2D eigenvalue weighted by molar-refractivity contribution is 6.32. The summed E-state index contributed by atoms with van der Waals surface area (Å²) in [6, 6.07) is 5.95. The van der Waals surface area contributed by atoms with E-state index in [2.05, 4.69) is 15.9 Å². The highest BCUT2D eigenvalue weighted by Gasteiger charge is 2.17. The topological polar surface area (TPSA) is 41.7 Å². The van der Waals surface area contributed by atoms with Crippen molar-refractivity contribution in [2.75, 3.05) is 51.3 Å². The monoisotopic (exact) mass is 269 g/mol. The molecule has 4 nitrogen and oxygen atoms in total. The molecule has 2 rings (SSSR count). The maximum absolute atomic E-state index is 6.15. The first-order valence-electron chi connectivity index (χ1n) is 6.25. The normalized spacial score (nSPS) is 16.9. The van der Waals surface area contributed by atoms with E-state index in [1.165, 1.54) is 0 Å². The first-order valence-corrected chi connectivity index (χ1v) is 6.63. The molecule has 0 saturated carbocycles. The van der Waals surface area contributed by atoms with Gasteiger partial charge in [-0.25, -0.2) is 0 Å². The lowest BCUT2D eigenvalue weighted by Gasteiger charge is -2.36. The molecule has 0 unspecified atom stereocenters. The smallest absolute Gasteiger partial charge is 0.137 e. The number of piperazine rings is 1. The third-order valence-electron chi connectivity index (χ3n) is 3.32. The van der Waals surface area contributed by atoms with E-state index >= 15 is 0 Å². The summed E-state index contributed by atoms with van der Waals surface area (Å²) in [5.41, 5.74) is 6.73. The number of halogens is 1. The molecule has 1 aromatic rings. The minimum absolute atomic E-state index is 0.666. The zero-order valence-electron chi connectivity index (χ0n) is 10.7. The molecular weight excluding hydrogens is 250 g/mol. The largest absolute Gasteiger partial charge is 0.495 e. The summed E-state index contributed by atoms with van der Waals surface area (Å²) >= 11 is 6.15. The Kier molecular flexibility index (Phi) is 4.69. The Labute approximate surface area is 113 Å². The van der Waals surface area contributed by atoms with Crippen LogP contribution in [0.25, 0.3) is 0 Å². The summed E-state index contributed by atoms with van der Waals surface area (Å²) in [6.07, 6.45) is 0. The molecule has 0 radical (unpaired) electrons. The molecule has 1 saturated heterocycles. The lowest BCUT2D eigenvalue weighted by Crippen LogP contribution is -2.47. The Morgan fingerprint density at radius 3 is 2.56 bits per heavy atom. The Morgan fingerprint density at radius 2 is 2.00 bits per heavy atom. The van der Waals surface area contributed by atoms with Crippen LogP contribution in [0.3, 0.4) is 0 Å². The van der Waals surface area contributed by atoms with Gasteiger partial charge >= 0.3 is 0 Å². The molecule has 1 aliphatic heterocycles. The van der Waals surface area contributed by atoms with Gasteiger partial charge in [-0.1, -0.05) is 11.6 Å². The average molecular weight is 270 g/mol. The van der Waals surface area contributed by atoms with Gasteiger partial charge in [0.2, 0.25) is 0 Å². The highest BCUT2D eigenvalue weighted by Crippen LogP contribution is 2.29. The number of nitrogens with two attached hydrogens (primary N) is 1. The van der Waals surface area contributed by atoms with Gasteiger partial charge in [0.25, 0.3) is 0 Å². The van der Waals surface area contributed by atoms with Crippen molar-refractivity contribution in [2.45, 2.75) is 0 Å². The second-order valence-corrected chi connectivity index (χ2v) is 4.84. The Balaban J connectivity index is 1.99. The van der Waals surface area contributed by atoms with Crippen LogP contribution in [0.4, 0.5) is 5.69 Å². The summed E-state index contributed by atoms with van der Waals surface area (Å²) in [4.78, 5) is 4.74. The van der Waals surface area contributed by atoms with Crippen molar-refractivity contribution in [2.24, 2.45) is 5.73 Å². The third kappa shape index (κ3) is 3.07. The maximum atomic E-state index is 6.15. The molecule has 5 heteroatoms. The summed E-state index contributed by atoms with van der Waals surface area (Å²) in [6.45, 7) is 5.86. The van der Waals surface area contributed by atoms with Crippen LogP contribution < -0.4 is 15.4 Å². The van der Waals surface area contributed by atoms with E-state index in [-0.39, 0.29) is 0 Å². The molecule has 2 N–H and O–H groups in total. The number of ether oxygens (including phenoxy) is 1. The van der Waals surface area contributed by atoms with E-state index in [0.717, 1.165) is 50.7 Å². The van der Waals surface area contributed by atoms with E-state index in [1.54, 1.807) is 7.11 Å². The van der Waals surface area contributed by atoms with Crippen LogP contribution in [0.15, 0.2) is 18.2 Å². The van der Waals surface area contributed by atoms with Gasteiger partial charge in [0.1, 0.15) is 5.75 Å². The molecule has 1 fully saturated rings. The van der Waals surface area contributed by atoms with Gasteiger partial charge in [0.15, 0.2) is 0 Å². The molecular formula is C13H20ClN3O. The van der Waals surface area contributed by atoms with Gasteiger partial charge in [0, 0.05) is 45.0 Å². The first kappa shape index (κ1) is 13.5. The van der Waals surface area contributed by atoms with Crippen molar-refractivity contribution >= 4 is 17.3 Å². The van der Waals surface area contributed by atoms with E-state index in [4.69, 9.17) is 22.1 Å². The van der Waals surface area contributed by atoms with Gasteiger partial charge in [0.05, 0.1) is 12.1 Å². The summed E-state index contributed by atoms with van der Waals surface area (Å²) < 4.78 is 5.16. The quantitative estimate of drug-likeness (QED) is 0.898. The first-order chi connectivity index (χ1) is 8.74. The maximum Gasteiger partial charge on any atom is 0.137 e. The van der Waals surface area contributed by atoms with Crippen LogP contribution in [-0.2, 0) is 0 Å². The van der Waals surface area contributed by atoms with Gasteiger partial charge in [-0.15, -0.1) is 0 Å². The van der Waals surface area contributed by atoms with Gasteiger partial charge in [-0.2, -0.15) is 0 Å². The molecule has 0 aromatic heterocycles. The van der Waals surface area contributed by atoms with Gasteiger partial charge in [-0.05, 0) is 18.2 Å². The lowest BCUT2D eigenvalue weighted by atomic mass is 10.2. The van der Waals surface area contributed by atoms with Crippen molar-refractivity contribution in [3.8, 4) is 5.75 Å². The summed E-state index contributed by atoms with van der Waals surface area (Å²) in [5, 5.41) is 0.666. The van der Waals surface area contributed by atoms with Crippen LogP contribution in [-0.4, -0.2) is 51.3 Å². The fraction of sp³-hybridized carbons (Fsp3) is 0.538. The molecule has 100 valence electrons. The minimum Gasteiger partial charge on any atom is -0.495 e. The summed E-state index contributed by atoms with van der Waals surface area (Å²) in [5.74, 6) is 0.724. The zero-order chi connectivity index (χ0) is 13.0. The van der Waals surface area contributed by atoms with E-state index in [1.807, 2.05) is 12.1 Å². The van der Waals surface area contributed by atoms with Gasteiger partial charge in [-0.3, -0.25) is 4.90 Å². The van der Waals surface area contributed by atoms with Crippen LogP contribution in [0.2, 0.25) is 5.02 Å². The van der Waals surface area contributed by atoms with Crippen LogP contribution >= 0.6 is 11.6 Å². The summed E-state index contributed by atoms with van der Waals surface area (Å²) in [7, 11) is 1.63. The molecule has 0 amide bonds. The number of methoxy groups -OCH3 is 1. The van der Waals surface area contributed by atoms with E-state index in [0.29, 0.717) is 5.02 Å². The number of hydrogen-bond donors (Lipinski definition) is 1. The lowest BCUT2D eigenvalue weighted by molar-refractivity contribution is 0.265. The fourth-order valence-electron chi connectivity index (χ4n) is 2.26. The van der Waals surface area contributed by atoms with Crippen LogP contribution in [0.5, 0.6) is 5.75 Å². The molecule has 1 aromatic carbocycles. The molecule has 0 spiro atoms. The minimum atomic E-state index is 0.666. The molecule has 18 heavy (non-hydrogen) atoms. The van der Waals surface area contributed by atoms with Crippen LogP contribution in [0, 0.1) is 0 Å². The van der Waals surface area contributed by atoms with Crippen molar-refractivity contribution in [3.05, 3.63) is 23.2 Å². The SMILES string of the molecule is COc1ccc(N2CCN(CCN)CC2)cc1Cl. The number of nitrogens with zero attached hydrogens (tertiary/aromatic N) is 2. The number of hydrogen-bond acceptors (Lipinski definition) is 4. The van der Waals surface area contributed by atoms with E-state index in [9.17, 15) is 0 Å². The Morgan fingerprint density at radius 1 is 1.28 bits per heavy atom. The second kappa shape index (κ2) is 6.27. The molecule has 0 aliphatic carbocycles. The number of anilines is 1. The standard InChI is InChI=1S/C13H20ClN3O/c1-18-13-3-2-11(10-12(13)14)17-8-6-16(5-4-15)7-9-17/h2-3,10H,4-9,15H2,1H3. The zero-order valence-corrected chi connectivity index (χ0v) is 11.5. The average Bonchev–Trinajstić information content (AvgIpc) is 2.40. The third-order valence-corrected chi connectivity index (χ3v) is 3.61. The van der Waals surface area contributed by atoms with Crippen molar-refractivity contribution in [1.29, 1.82) is 0 Å². The Hall–Kier alpha value is -0.970.